The van der Waals surface area contributed by atoms with Crippen LogP contribution in [-0.2, 0) is 6.54 Å². The van der Waals surface area contributed by atoms with Crippen molar-refractivity contribution in [1.29, 1.82) is 0 Å². The molecule has 0 aliphatic carbocycles. The maximum absolute atomic E-state index is 11.1. The molecule has 2 aliphatic heterocycles. The summed E-state index contributed by atoms with van der Waals surface area (Å²) in [5.41, 5.74) is 1.34. The number of hydrogen-bond donors (Lipinski definition) is 1. The van der Waals surface area contributed by atoms with Crippen LogP contribution in [0.25, 0.3) is 0 Å². The van der Waals surface area contributed by atoms with Gasteiger partial charge in [-0.25, -0.2) is 4.79 Å². The molecule has 0 bridgehead atoms. The molecule has 1 aromatic rings. The minimum atomic E-state index is -0.946. The number of hydrogen-bond acceptors (Lipinski definition) is 4. The van der Waals surface area contributed by atoms with Crippen molar-refractivity contribution in [3.05, 3.63) is 29.3 Å². The van der Waals surface area contributed by atoms with Crippen molar-refractivity contribution in [2.75, 3.05) is 33.3 Å². The van der Waals surface area contributed by atoms with Gasteiger partial charge in [0, 0.05) is 32.2 Å². The SMILES string of the molecule is COc1cc(CN2CCN3CCCC3C2)ccc1C(=O)O. The van der Waals surface area contributed by atoms with Crippen molar-refractivity contribution in [2.45, 2.75) is 25.4 Å². The summed E-state index contributed by atoms with van der Waals surface area (Å²) in [5.74, 6) is -0.502. The summed E-state index contributed by atoms with van der Waals surface area (Å²) < 4.78 is 5.20. The zero-order chi connectivity index (χ0) is 14.8. The van der Waals surface area contributed by atoms with Gasteiger partial charge in [0.15, 0.2) is 0 Å². The van der Waals surface area contributed by atoms with Crippen LogP contribution in [0.4, 0.5) is 0 Å². The van der Waals surface area contributed by atoms with E-state index in [9.17, 15) is 4.79 Å². The fourth-order valence-corrected chi connectivity index (χ4v) is 3.47. The summed E-state index contributed by atoms with van der Waals surface area (Å²) >= 11 is 0. The lowest BCUT2D eigenvalue weighted by Gasteiger charge is -2.37. The van der Waals surface area contributed by atoms with Crippen molar-refractivity contribution < 1.29 is 14.6 Å². The van der Waals surface area contributed by atoms with E-state index >= 15 is 0 Å². The lowest BCUT2D eigenvalue weighted by Crippen LogP contribution is -2.49. The number of carboxylic acid groups (broad SMARTS) is 1. The molecule has 2 saturated heterocycles. The Balaban J connectivity index is 1.69. The van der Waals surface area contributed by atoms with E-state index in [4.69, 9.17) is 9.84 Å². The van der Waals surface area contributed by atoms with Gasteiger partial charge >= 0.3 is 5.97 Å². The van der Waals surface area contributed by atoms with E-state index in [-0.39, 0.29) is 5.56 Å². The topological polar surface area (TPSA) is 53.0 Å². The molecule has 5 nitrogen and oxygen atoms in total. The van der Waals surface area contributed by atoms with E-state index < -0.39 is 5.97 Å². The van der Waals surface area contributed by atoms with Crippen molar-refractivity contribution >= 4 is 5.97 Å². The van der Waals surface area contributed by atoms with Gasteiger partial charge in [-0.05, 0) is 37.1 Å². The van der Waals surface area contributed by atoms with Gasteiger partial charge in [-0.2, -0.15) is 0 Å². The molecular formula is C16H22N2O3. The standard InChI is InChI=1S/C16H22N2O3/c1-21-15-9-12(4-5-14(15)16(19)20)10-17-7-8-18-6-2-3-13(18)11-17/h4-5,9,13H,2-3,6-8,10-11H2,1H3,(H,19,20). The van der Waals surface area contributed by atoms with Gasteiger partial charge in [0.1, 0.15) is 11.3 Å². The third-order valence-electron chi connectivity index (χ3n) is 4.57. The third kappa shape index (κ3) is 3.04. The second-order valence-corrected chi connectivity index (χ2v) is 5.91. The number of ether oxygens (including phenoxy) is 1. The molecule has 21 heavy (non-hydrogen) atoms. The Morgan fingerprint density at radius 2 is 2.24 bits per heavy atom. The summed E-state index contributed by atoms with van der Waals surface area (Å²) in [4.78, 5) is 16.2. The Bertz CT molecular complexity index is 532. The van der Waals surface area contributed by atoms with Crippen LogP contribution in [0.5, 0.6) is 5.75 Å². The summed E-state index contributed by atoms with van der Waals surface area (Å²) in [6.45, 7) is 5.46. The Morgan fingerprint density at radius 3 is 3.00 bits per heavy atom. The van der Waals surface area contributed by atoms with Crippen molar-refractivity contribution in [2.24, 2.45) is 0 Å². The number of nitrogens with zero attached hydrogens (tertiary/aromatic N) is 2. The maximum Gasteiger partial charge on any atom is 0.339 e. The number of benzene rings is 1. The highest BCUT2D eigenvalue weighted by Gasteiger charge is 2.30. The molecule has 2 heterocycles. The molecule has 1 atom stereocenters. The first kappa shape index (κ1) is 14.4. The third-order valence-corrected chi connectivity index (χ3v) is 4.57. The minimum absolute atomic E-state index is 0.224. The summed E-state index contributed by atoms with van der Waals surface area (Å²) in [5, 5.41) is 9.12. The van der Waals surface area contributed by atoms with Crippen molar-refractivity contribution in [3.8, 4) is 5.75 Å². The van der Waals surface area contributed by atoms with Crippen molar-refractivity contribution in [1.82, 2.24) is 9.80 Å². The monoisotopic (exact) mass is 290 g/mol. The summed E-state index contributed by atoms with van der Waals surface area (Å²) in [6.07, 6.45) is 2.62. The van der Waals surface area contributed by atoms with Gasteiger partial charge in [0.2, 0.25) is 0 Å². The molecule has 1 N–H and O–H groups in total. The van der Waals surface area contributed by atoms with Crippen LogP contribution in [-0.4, -0.2) is 60.2 Å². The Labute approximate surface area is 125 Å². The number of piperazine rings is 1. The molecule has 2 fully saturated rings. The molecule has 0 radical (unpaired) electrons. The number of carboxylic acids is 1. The molecule has 2 aliphatic rings. The van der Waals surface area contributed by atoms with Crippen molar-refractivity contribution in [3.63, 3.8) is 0 Å². The predicted molar refractivity (Wildman–Crippen MR) is 79.8 cm³/mol. The highest BCUT2D eigenvalue weighted by atomic mass is 16.5. The molecule has 0 spiro atoms. The quantitative estimate of drug-likeness (QED) is 0.914. The van der Waals surface area contributed by atoms with Crippen LogP contribution in [0.15, 0.2) is 18.2 Å². The van der Waals surface area contributed by atoms with E-state index in [1.807, 2.05) is 12.1 Å². The fraction of sp³-hybridized carbons (Fsp3) is 0.562. The van der Waals surface area contributed by atoms with Crippen LogP contribution in [0.1, 0.15) is 28.8 Å². The number of aromatic carboxylic acids is 1. The van der Waals surface area contributed by atoms with E-state index in [1.54, 1.807) is 6.07 Å². The second-order valence-electron chi connectivity index (χ2n) is 5.91. The van der Waals surface area contributed by atoms with E-state index in [2.05, 4.69) is 9.80 Å². The second kappa shape index (κ2) is 6.03. The first-order chi connectivity index (χ1) is 10.2. The van der Waals surface area contributed by atoms with E-state index in [0.717, 1.165) is 31.7 Å². The van der Waals surface area contributed by atoms with E-state index in [0.29, 0.717) is 11.8 Å². The fourth-order valence-electron chi connectivity index (χ4n) is 3.47. The number of methoxy groups -OCH3 is 1. The Hall–Kier alpha value is -1.59. The van der Waals surface area contributed by atoms with Crippen LogP contribution >= 0.6 is 0 Å². The van der Waals surface area contributed by atoms with Crippen LogP contribution in [0.2, 0.25) is 0 Å². The highest BCUT2D eigenvalue weighted by Crippen LogP contribution is 2.24. The molecule has 0 saturated carbocycles. The molecule has 1 aromatic carbocycles. The lowest BCUT2D eigenvalue weighted by molar-refractivity contribution is 0.0693. The van der Waals surface area contributed by atoms with Gasteiger partial charge in [0.25, 0.3) is 0 Å². The summed E-state index contributed by atoms with van der Waals surface area (Å²) in [7, 11) is 1.52. The van der Waals surface area contributed by atoms with E-state index in [1.165, 1.54) is 26.5 Å². The number of rotatable bonds is 4. The average Bonchev–Trinajstić information content (AvgIpc) is 2.94. The zero-order valence-corrected chi connectivity index (χ0v) is 12.4. The predicted octanol–water partition coefficient (Wildman–Crippen LogP) is 1.67. The van der Waals surface area contributed by atoms with Crippen LogP contribution in [0.3, 0.4) is 0 Å². The first-order valence-corrected chi connectivity index (χ1v) is 7.54. The van der Waals surface area contributed by atoms with Gasteiger partial charge < -0.3 is 9.84 Å². The normalized spacial score (nSPS) is 23.0. The number of fused-ring (bicyclic) bond motifs is 1. The van der Waals surface area contributed by atoms with Gasteiger partial charge in [-0.1, -0.05) is 6.07 Å². The average molecular weight is 290 g/mol. The molecule has 0 amide bonds. The van der Waals surface area contributed by atoms with Gasteiger partial charge in [-0.15, -0.1) is 0 Å². The van der Waals surface area contributed by atoms with Crippen LogP contribution < -0.4 is 4.74 Å². The van der Waals surface area contributed by atoms with Gasteiger partial charge in [-0.3, -0.25) is 9.80 Å². The lowest BCUT2D eigenvalue weighted by atomic mass is 10.1. The molecule has 1 unspecified atom stereocenters. The smallest absolute Gasteiger partial charge is 0.339 e. The summed E-state index contributed by atoms with van der Waals surface area (Å²) in [6, 6.07) is 6.10. The number of carbonyl (C=O) groups is 1. The first-order valence-electron chi connectivity index (χ1n) is 7.54. The highest BCUT2D eigenvalue weighted by molar-refractivity contribution is 5.90. The molecular weight excluding hydrogens is 268 g/mol. The Morgan fingerprint density at radius 1 is 1.38 bits per heavy atom. The minimum Gasteiger partial charge on any atom is -0.496 e. The Kier molecular flexibility index (Phi) is 4.12. The molecule has 0 aromatic heterocycles. The van der Waals surface area contributed by atoms with Crippen LogP contribution in [0, 0.1) is 0 Å². The van der Waals surface area contributed by atoms with Gasteiger partial charge in [0.05, 0.1) is 7.11 Å². The largest absolute Gasteiger partial charge is 0.496 e. The maximum atomic E-state index is 11.1. The molecule has 5 heteroatoms. The zero-order valence-electron chi connectivity index (χ0n) is 12.4. The molecule has 3 rings (SSSR count). The molecule has 114 valence electrons.